The fourth-order valence-electron chi connectivity index (χ4n) is 2.98. The van der Waals surface area contributed by atoms with Gasteiger partial charge in [-0.2, -0.15) is 0 Å². The maximum Gasteiger partial charge on any atom is 0.303 e. The maximum absolute atomic E-state index is 11.8. The molecule has 1 aromatic carbocycles. The van der Waals surface area contributed by atoms with E-state index < -0.39 is 54.6 Å². The molecule has 1 heterocycles. The zero-order valence-corrected chi connectivity index (χ0v) is 20.8. The second kappa shape index (κ2) is 11.6. The van der Waals surface area contributed by atoms with Crippen molar-refractivity contribution in [2.75, 3.05) is 6.61 Å². The molecule has 5 atom stereocenters. The average molecular weight is 582 g/mol. The summed E-state index contributed by atoms with van der Waals surface area (Å²) in [6.45, 7) is 4.31. The molecule has 2 rings (SSSR count). The van der Waals surface area contributed by atoms with E-state index in [1.807, 2.05) is 0 Å². The molecule has 0 bridgehead atoms. The van der Waals surface area contributed by atoms with E-state index in [1.165, 1.54) is 6.92 Å². The summed E-state index contributed by atoms with van der Waals surface area (Å²) in [5.74, 6) is -2.41. The Labute approximate surface area is 201 Å². The van der Waals surface area contributed by atoms with Crippen molar-refractivity contribution in [1.82, 2.24) is 0 Å². The van der Waals surface area contributed by atoms with Gasteiger partial charge in [0.25, 0.3) is 0 Å². The van der Waals surface area contributed by atoms with Crippen LogP contribution in [-0.4, -0.2) is 61.2 Å². The molecule has 0 spiro atoms. The summed E-state index contributed by atoms with van der Waals surface area (Å²) < 4.78 is 34.2. The first kappa shape index (κ1) is 26.1. The Morgan fingerprint density at radius 3 is 1.94 bits per heavy atom. The molecule has 1 aromatic rings. The standard InChI is InChI=1S/C20H22Br2O10/c1-9(23)27-8-16-17(28-10(2)24)18(29-11(3)25)19(30-12(4)26)20(32-16)31-15-6-5-13(21)7-14(15)22/h5-7,16-20H,8H2,1-4H3/t16-,17+,18+,19+,20-/m1/s1. The zero-order chi connectivity index (χ0) is 24.0. The lowest BCUT2D eigenvalue weighted by atomic mass is 9.98. The first-order valence-corrected chi connectivity index (χ1v) is 11.0. The van der Waals surface area contributed by atoms with Gasteiger partial charge in [0.1, 0.15) is 18.5 Å². The van der Waals surface area contributed by atoms with Gasteiger partial charge in [-0.15, -0.1) is 0 Å². The molecule has 0 aromatic heterocycles. The summed E-state index contributed by atoms with van der Waals surface area (Å²) in [5.41, 5.74) is 0. The Morgan fingerprint density at radius 2 is 1.41 bits per heavy atom. The van der Waals surface area contributed by atoms with Crippen molar-refractivity contribution >= 4 is 55.7 Å². The third kappa shape index (κ3) is 7.45. The normalized spacial score (nSPS) is 24.8. The van der Waals surface area contributed by atoms with Crippen LogP contribution in [0.3, 0.4) is 0 Å². The van der Waals surface area contributed by atoms with E-state index in [1.54, 1.807) is 18.2 Å². The van der Waals surface area contributed by atoms with Crippen LogP contribution in [0.1, 0.15) is 27.7 Å². The third-order valence-corrected chi connectivity index (χ3v) is 5.20. The van der Waals surface area contributed by atoms with Gasteiger partial charge in [0.05, 0.1) is 4.47 Å². The van der Waals surface area contributed by atoms with E-state index in [4.69, 9.17) is 28.4 Å². The number of rotatable bonds is 7. The van der Waals surface area contributed by atoms with Crippen molar-refractivity contribution < 1.29 is 47.6 Å². The van der Waals surface area contributed by atoms with Crippen LogP contribution < -0.4 is 4.74 Å². The molecule has 0 saturated carbocycles. The first-order chi connectivity index (χ1) is 15.0. The van der Waals surface area contributed by atoms with Gasteiger partial charge in [0.2, 0.25) is 12.4 Å². The number of ether oxygens (including phenoxy) is 6. The van der Waals surface area contributed by atoms with Crippen LogP contribution in [0, 0.1) is 0 Å². The third-order valence-electron chi connectivity index (χ3n) is 4.09. The molecule has 10 nitrogen and oxygen atoms in total. The predicted octanol–water partition coefficient (Wildman–Crippen LogP) is 2.67. The molecule has 1 aliphatic heterocycles. The molecule has 176 valence electrons. The summed E-state index contributed by atoms with van der Waals surface area (Å²) in [5, 5.41) is 0. The van der Waals surface area contributed by atoms with Gasteiger partial charge in [0.15, 0.2) is 12.2 Å². The molecule has 12 heteroatoms. The molecule has 1 saturated heterocycles. The zero-order valence-electron chi connectivity index (χ0n) is 17.7. The minimum absolute atomic E-state index is 0.328. The summed E-state index contributed by atoms with van der Waals surface area (Å²) >= 11 is 6.70. The lowest BCUT2D eigenvalue weighted by molar-refractivity contribution is -0.288. The molecule has 0 radical (unpaired) electrons. The molecular formula is C20H22Br2O10. The highest BCUT2D eigenvalue weighted by atomic mass is 79.9. The summed E-state index contributed by atoms with van der Waals surface area (Å²) in [4.78, 5) is 46.7. The number of carbonyl (C=O) groups excluding carboxylic acids is 4. The van der Waals surface area contributed by atoms with Gasteiger partial charge in [-0.3, -0.25) is 19.2 Å². The average Bonchev–Trinajstić information content (AvgIpc) is 2.65. The molecule has 1 aliphatic rings. The van der Waals surface area contributed by atoms with Crippen LogP contribution >= 0.6 is 31.9 Å². The SMILES string of the molecule is CC(=O)OC[C@H]1O[C@@H](Oc2ccc(Br)cc2Br)[C@@H](OC(C)=O)[C@@H](OC(C)=O)[C@H]1OC(C)=O. The van der Waals surface area contributed by atoms with E-state index in [2.05, 4.69) is 31.9 Å². The van der Waals surface area contributed by atoms with Gasteiger partial charge in [0, 0.05) is 32.2 Å². The Bertz CT molecular complexity index is 874. The number of hydrogen-bond acceptors (Lipinski definition) is 10. The Kier molecular flexibility index (Phi) is 9.47. The minimum atomic E-state index is -1.30. The topological polar surface area (TPSA) is 124 Å². The highest BCUT2D eigenvalue weighted by molar-refractivity contribution is 9.11. The molecule has 0 amide bonds. The lowest BCUT2D eigenvalue weighted by Gasteiger charge is -2.44. The smallest absolute Gasteiger partial charge is 0.303 e. The summed E-state index contributed by atoms with van der Waals surface area (Å²) in [6.07, 6.45) is -6.22. The number of carbonyl (C=O) groups is 4. The fraction of sp³-hybridized carbons (Fsp3) is 0.500. The van der Waals surface area contributed by atoms with Crippen LogP contribution in [0.25, 0.3) is 0 Å². The second-order valence-corrected chi connectivity index (χ2v) is 8.53. The van der Waals surface area contributed by atoms with Gasteiger partial charge < -0.3 is 28.4 Å². The van der Waals surface area contributed by atoms with E-state index >= 15 is 0 Å². The van der Waals surface area contributed by atoms with Gasteiger partial charge in [-0.25, -0.2) is 0 Å². The predicted molar refractivity (Wildman–Crippen MR) is 114 cm³/mol. The van der Waals surface area contributed by atoms with E-state index in [-0.39, 0.29) is 6.61 Å². The van der Waals surface area contributed by atoms with E-state index in [0.717, 1.165) is 25.2 Å². The first-order valence-electron chi connectivity index (χ1n) is 9.40. The van der Waals surface area contributed by atoms with Crippen molar-refractivity contribution in [2.45, 2.75) is 58.4 Å². The number of hydrogen-bond donors (Lipinski definition) is 0. The Hall–Kier alpha value is -2.18. The number of halogens is 2. The van der Waals surface area contributed by atoms with Crippen molar-refractivity contribution in [3.63, 3.8) is 0 Å². The lowest BCUT2D eigenvalue weighted by Crippen LogP contribution is -2.63. The van der Waals surface area contributed by atoms with Crippen LogP contribution in [0.4, 0.5) is 0 Å². The second-order valence-electron chi connectivity index (χ2n) is 6.76. The maximum atomic E-state index is 11.8. The Morgan fingerprint density at radius 1 is 0.844 bits per heavy atom. The molecule has 1 fully saturated rings. The van der Waals surface area contributed by atoms with Gasteiger partial charge in [-0.1, -0.05) is 15.9 Å². The largest absolute Gasteiger partial charge is 0.463 e. The molecule has 0 unspecified atom stereocenters. The summed E-state index contributed by atoms with van der Waals surface area (Å²) in [6, 6.07) is 5.06. The highest BCUT2D eigenvalue weighted by Crippen LogP contribution is 2.34. The quantitative estimate of drug-likeness (QED) is 0.350. The number of esters is 4. The van der Waals surface area contributed by atoms with Crippen LogP contribution in [0.2, 0.25) is 0 Å². The minimum Gasteiger partial charge on any atom is -0.463 e. The van der Waals surface area contributed by atoms with Gasteiger partial charge >= 0.3 is 23.9 Å². The fourth-order valence-corrected chi connectivity index (χ4v) is 4.12. The van der Waals surface area contributed by atoms with Crippen molar-refractivity contribution in [2.24, 2.45) is 0 Å². The van der Waals surface area contributed by atoms with Crippen LogP contribution in [0.5, 0.6) is 5.75 Å². The summed E-state index contributed by atoms with van der Waals surface area (Å²) in [7, 11) is 0. The Balaban J connectivity index is 2.47. The highest BCUT2D eigenvalue weighted by Gasteiger charge is 2.53. The van der Waals surface area contributed by atoms with E-state index in [9.17, 15) is 19.2 Å². The van der Waals surface area contributed by atoms with Crippen molar-refractivity contribution in [3.05, 3.63) is 27.1 Å². The number of benzene rings is 1. The van der Waals surface area contributed by atoms with Crippen molar-refractivity contribution in [1.29, 1.82) is 0 Å². The molecule has 0 aliphatic carbocycles. The molecular weight excluding hydrogens is 560 g/mol. The molecule has 32 heavy (non-hydrogen) atoms. The monoisotopic (exact) mass is 580 g/mol. The molecule has 0 N–H and O–H groups in total. The van der Waals surface area contributed by atoms with E-state index in [0.29, 0.717) is 10.2 Å². The van der Waals surface area contributed by atoms with Gasteiger partial charge in [-0.05, 0) is 34.1 Å². The van der Waals surface area contributed by atoms with Crippen molar-refractivity contribution in [3.8, 4) is 5.75 Å². The van der Waals surface area contributed by atoms with Crippen LogP contribution in [0.15, 0.2) is 27.1 Å². The van der Waals surface area contributed by atoms with Crippen LogP contribution in [-0.2, 0) is 42.9 Å².